The lowest BCUT2D eigenvalue weighted by atomic mass is 10.2. The molecule has 1 aromatic rings. The highest BCUT2D eigenvalue weighted by Gasteiger charge is 2.03. The van der Waals surface area contributed by atoms with Crippen molar-refractivity contribution in [1.82, 2.24) is 0 Å². The molecule has 1 aromatic carbocycles. The van der Waals surface area contributed by atoms with Crippen LogP contribution in [0.2, 0.25) is 0 Å². The molecule has 0 aromatic heterocycles. The summed E-state index contributed by atoms with van der Waals surface area (Å²) in [6, 6.07) is 6.15. The van der Waals surface area contributed by atoms with Crippen LogP contribution in [0.1, 0.15) is 32.6 Å². The van der Waals surface area contributed by atoms with E-state index < -0.39 is 4.92 Å². The summed E-state index contributed by atoms with van der Waals surface area (Å²) in [6.07, 6.45) is 8.70. The van der Waals surface area contributed by atoms with Crippen molar-refractivity contribution in [3.8, 4) is 5.75 Å². The second-order valence-electron chi connectivity index (χ2n) is 4.00. The third-order valence-corrected chi connectivity index (χ3v) is 2.49. The largest absolute Gasteiger partial charge is 0.493 e. The van der Waals surface area contributed by atoms with Gasteiger partial charge in [-0.15, -0.1) is 0 Å². The maximum Gasteiger partial charge on any atom is 0.269 e. The Morgan fingerprint density at radius 3 is 2.50 bits per heavy atom. The first-order valence-electron chi connectivity index (χ1n) is 6.26. The Morgan fingerprint density at radius 1 is 1.22 bits per heavy atom. The van der Waals surface area contributed by atoms with Crippen molar-refractivity contribution in [2.75, 3.05) is 6.61 Å². The molecule has 0 fully saturated rings. The van der Waals surface area contributed by atoms with Gasteiger partial charge in [0.15, 0.2) is 0 Å². The number of unbranched alkanes of at least 4 members (excludes halogenated alkanes) is 2. The minimum atomic E-state index is -0.416. The Bertz CT molecular complexity index is 385. The van der Waals surface area contributed by atoms with Crippen LogP contribution in [0.5, 0.6) is 5.75 Å². The fourth-order valence-corrected chi connectivity index (χ4v) is 1.47. The number of ether oxygens (including phenoxy) is 1. The van der Waals surface area contributed by atoms with Gasteiger partial charge in [-0.05, 0) is 25.0 Å². The minimum Gasteiger partial charge on any atom is -0.493 e. The standard InChI is InChI=1S/C14H19NO3/c1-2-3-4-5-6-7-12-18-14-10-8-13(9-11-14)15(16)17/h5-6,8-11H,2-4,7,12H2,1H3/b6-5-. The van der Waals surface area contributed by atoms with E-state index in [1.807, 2.05) is 0 Å². The van der Waals surface area contributed by atoms with E-state index in [2.05, 4.69) is 19.1 Å². The molecule has 0 radical (unpaired) electrons. The summed E-state index contributed by atoms with van der Waals surface area (Å²) < 4.78 is 5.47. The highest BCUT2D eigenvalue weighted by molar-refractivity contribution is 5.35. The lowest BCUT2D eigenvalue weighted by molar-refractivity contribution is -0.384. The zero-order valence-electron chi connectivity index (χ0n) is 10.7. The van der Waals surface area contributed by atoms with Gasteiger partial charge in [-0.2, -0.15) is 0 Å². The molecule has 0 bridgehead atoms. The first-order chi connectivity index (χ1) is 8.74. The van der Waals surface area contributed by atoms with E-state index in [9.17, 15) is 10.1 Å². The summed E-state index contributed by atoms with van der Waals surface area (Å²) in [5.41, 5.74) is 0.0850. The first kappa shape index (κ1) is 14.2. The number of hydrogen-bond donors (Lipinski definition) is 0. The predicted molar refractivity (Wildman–Crippen MR) is 71.9 cm³/mol. The quantitative estimate of drug-likeness (QED) is 0.301. The number of nitro benzene ring substituents is 1. The second-order valence-corrected chi connectivity index (χ2v) is 4.00. The molecule has 1 rings (SSSR count). The van der Waals surface area contributed by atoms with Crippen LogP contribution in [0.4, 0.5) is 5.69 Å². The van der Waals surface area contributed by atoms with Crippen LogP contribution in [0.25, 0.3) is 0 Å². The van der Waals surface area contributed by atoms with Crippen molar-refractivity contribution in [2.24, 2.45) is 0 Å². The van der Waals surface area contributed by atoms with Crippen molar-refractivity contribution in [3.05, 3.63) is 46.5 Å². The molecule has 98 valence electrons. The number of allylic oxidation sites excluding steroid dienone is 1. The number of non-ortho nitro benzene ring substituents is 1. The van der Waals surface area contributed by atoms with Gasteiger partial charge in [-0.3, -0.25) is 10.1 Å². The van der Waals surface area contributed by atoms with Gasteiger partial charge in [0.1, 0.15) is 5.75 Å². The van der Waals surface area contributed by atoms with Gasteiger partial charge in [0, 0.05) is 12.1 Å². The van der Waals surface area contributed by atoms with E-state index in [4.69, 9.17) is 4.74 Å². The van der Waals surface area contributed by atoms with Crippen LogP contribution >= 0.6 is 0 Å². The van der Waals surface area contributed by atoms with Gasteiger partial charge in [0.25, 0.3) is 5.69 Å². The molecular weight excluding hydrogens is 230 g/mol. The van der Waals surface area contributed by atoms with Gasteiger partial charge < -0.3 is 4.74 Å². The SMILES string of the molecule is CCCC/C=C\CCOc1ccc([N+](=O)[O-])cc1. The molecule has 0 heterocycles. The highest BCUT2D eigenvalue weighted by Crippen LogP contribution is 2.17. The monoisotopic (exact) mass is 249 g/mol. The Labute approximate surface area is 107 Å². The zero-order chi connectivity index (χ0) is 13.2. The summed E-state index contributed by atoms with van der Waals surface area (Å²) in [7, 11) is 0. The Morgan fingerprint density at radius 2 is 1.89 bits per heavy atom. The molecule has 0 unspecified atom stereocenters. The molecule has 0 spiro atoms. The van der Waals surface area contributed by atoms with E-state index in [1.54, 1.807) is 12.1 Å². The average molecular weight is 249 g/mol. The molecule has 4 heteroatoms. The first-order valence-corrected chi connectivity index (χ1v) is 6.26. The van der Waals surface area contributed by atoms with Gasteiger partial charge in [-0.1, -0.05) is 31.9 Å². The van der Waals surface area contributed by atoms with Gasteiger partial charge in [0.05, 0.1) is 11.5 Å². The minimum absolute atomic E-state index is 0.0850. The maximum atomic E-state index is 10.5. The topological polar surface area (TPSA) is 52.4 Å². The molecule has 0 amide bonds. The van der Waals surface area contributed by atoms with E-state index in [-0.39, 0.29) is 5.69 Å². The summed E-state index contributed by atoms with van der Waals surface area (Å²) in [4.78, 5) is 10.0. The number of hydrogen-bond acceptors (Lipinski definition) is 3. The van der Waals surface area contributed by atoms with Crippen LogP contribution in [-0.4, -0.2) is 11.5 Å². The third kappa shape index (κ3) is 5.48. The second kappa shape index (κ2) is 8.28. The van der Waals surface area contributed by atoms with Crippen molar-refractivity contribution >= 4 is 5.69 Å². The summed E-state index contributed by atoms with van der Waals surface area (Å²) in [5, 5.41) is 10.5. The fourth-order valence-electron chi connectivity index (χ4n) is 1.47. The van der Waals surface area contributed by atoms with Crippen LogP contribution in [-0.2, 0) is 0 Å². The average Bonchev–Trinajstić information content (AvgIpc) is 2.38. The fraction of sp³-hybridized carbons (Fsp3) is 0.429. The maximum absolute atomic E-state index is 10.5. The number of nitrogens with zero attached hydrogens (tertiary/aromatic N) is 1. The molecule has 0 saturated heterocycles. The van der Waals surface area contributed by atoms with Crippen molar-refractivity contribution in [1.29, 1.82) is 0 Å². The van der Waals surface area contributed by atoms with E-state index >= 15 is 0 Å². The van der Waals surface area contributed by atoms with Crippen LogP contribution in [0, 0.1) is 10.1 Å². The molecule has 4 nitrogen and oxygen atoms in total. The van der Waals surface area contributed by atoms with Gasteiger partial charge in [0.2, 0.25) is 0 Å². The van der Waals surface area contributed by atoms with Crippen molar-refractivity contribution < 1.29 is 9.66 Å². The number of rotatable bonds is 8. The number of benzene rings is 1. The van der Waals surface area contributed by atoms with Crippen LogP contribution in [0.15, 0.2) is 36.4 Å². The van der Waals surface area contributed by atoms with Gasteiger partial charge >= 0.3 is 0 Å². The van der Waals surface area contributed by atoms with Crippen LogP contribution < -0.4 is 4.74 Å². The highest BCUT2D eigenvalue weighted by atomic mass is 16.6. The molecule has 0 aliphatic heterocycles. The molecule has 0 N–H and O–H groups in total. The van der Waals surface area contributed by atoms with Gasteiger partial charge in [-0.25, -0.2) is 0 Å². The summed E-state index contributed by atoms with van der Waals surface area (Å²) in [6.45, 7) is 2.77. The van der Waals surface area contributed by atoms with Crippen LogP contribution in [0.3, 0.4) is 0 Å². The molecular formula is C14H19NO3. The third-order valence-electron chi connectivity index (χ3n) is 2.49. The van der Waals surface area contributed by atoms with E-state index in [1.165, 1.54) is 25.0 Å². The molecule has 18 heavy (non-hydrogen) atoms. The molecule has 0 aliphatic carbocycles. The summed E-state index contributed by atoms with van der Waals surface area (Å²) in [5.74, 6) is 0.669. The summed E-state index contributed by atoms with van der Waals surface area (Å²) >= 11 is 0. The Kier molecular flexibility index (Phi) is 6.54. The molecule has 0 saturated carbocycles. The van der Waals surface area contributed by atoms with E-state index in [0.717, 1.165) is 12.8 Å². The van der Waals surface area contributed by atoms with Crippen molar-refractivity contribution in [3.63, 3.8) is 0 Å². The molecule has 0 atom stereocenters. The lowest BCUT2D eigenvalue weighted by Gasteiger charge is -2.03. The van der Waals surface area contributed by atoms with E-state index in [0.29, 0.717) is 12.4 Å². The van der Waals surface area contributed by atoms with Crippen molar-refractivity contribution in [2.45, 2.75) is 32.6 Å². The smallest absolute Gasteiger partial charge is 0.269 e. The Hall–Kier alpha value is -1.84. The number of nitro groups is 1. The predicted octanol–water partition coefficient (Wildman–Crippen LogP) is 4.11. The normalized spacial score (nSPS) is 10.7. The lowest BCUT2D eigenvalue weighted by Crippen LogP contribution is -1.95. The zero-order valence-corrected chi connectivity index (χ0v) is 10.7. The Balaban J connectivity index is 2.23. The molecule has 0 aliphatic rings.